The molecule has 0 fully saturated rings. The van der Waals surface area contributed by atoms with E-state index in [9.17, 15) is 35.9 Å². The van der Waals surface area contributed by atoms with Gasteiger partial charge in [0.05, 0.1) is 10.7 Å². The van der Waals surface area contributed by atoms with Crippen molar-refractivity contribution in [3.05, 3.63) is 21.3 Å². The maximum absolute atomic E-state index is 12.3. The normalized spacial score (nSPS) is 11.8. The van der Waals surface area contributed by atoms with Crippen molar-refractivity contribution in [2.75, 3.05) is 13.7 Å². The summed E-state index contributed by atoms with van der Waals surface area (Å²) >= 11 is 1.60. The van der Waals surface area contributed by atoms with Crippen LogP contribution in [0.4, 0.5) is 26.3 Å². The Morgan fingerprint density at radius 3 is 2.16 bits per heavy atom. The van der Waals surface area contributed by atoms with Gasteiger partial charge in [-0.15, -0.1) is 0 Å². The second kappa shape index (κ2) is 8.10. The van der Waals surface area contributed by atoms with Crippen LogP contribution in [0.1, 0.15) is 5.56 Å². The van der Waals surface area contributed by atoms with Crippen LogP contribution in [0.5, 0.6) is 11.5 Å². The van der Waals surface area contributed by atoms with Crippen molar-refractivity contribution in [1.82, 2.24) is 5.32 Å². The summed E-state index contributed by atoms with van der Waals surface area (Å²) < 4.78 is 82.4. The molecule has 0 heterocycles. The molecule has 0 aliphatic carbocycles. The number of hydrogen-bond acceptors (Lipinski definition) is 4. The van der Waals surface area contributed by atoms with Crippen molar-refractivity contribution < 1.29 is 45.4 Å². The zero-order valence-corrected chi connectivity index (χ0v) is 14.5. The summed E-state index contributed by atoms with van der Waals surface area (Å²) in [5, 5.41) is 1.61. The van der Waals surface area contributed by atoms with Gasteiger partial charge in [-0.25, -0.2) is 4.79 Å². The predicted molar refractivity (Wildman–Crippen MR) is 80.2 cm³/mol. The van der Waals surface area contributed by atoms with Crippen LogP contribution in [0.25, 0.3) is 0 Å². The molecule has 0 saturated carbocycles. The van der Waals surface area contributed by atoms with Gasteiger partial charge < -0.3 is 14.8 Å². The van der Waals surface area contributed by atoms with Gasteiger partial charge in [0, 0.05) is 6.54 Å². The number of alkyl halides is 6. The summed E-state index contributed by atoms with van der Waals surface area (Å²) in [6.45, 7) is -0.456. The Morgan fingerprint density at radius 1 is 1.08 bits per heavy atom. The van der Waals surface area contributed by atoms with E-state index in [4.69, 9.17) is 4.74 Å². The molecule has 25 heavy (non-hydrogen) atoms. The number of methoxy groups -OCH3 is 1. The number of carbonyl (C=O) groups is 2. The molecule has 0 unspecified atom stereocenters. The number of nitrogens with one attached hydrogen (secondary N) is 1. The Labute approximate surface area is 150 Å². The van der Waals surface area contributed by atoms with Gasteiger partial charge in [0.15, 0.2) is 0 Å². The van der Waals surface area contributed by atoms with Crippen LogP contribution < -0.4 is 14.8 Å². The van der Waals surface area contributed by atoms with Gasteiger partial charge in [-0.3, -0.25) is 4.79 Å². The third-order valence-corrected chi connectivity index (χ3v) is 3.55. The Balaban J connectivity index is 2.93. The minimum absolute atomic E-state index is 0.120. The first-order valence-corrected chi connectivity index (χ1v) is 7.44. The first-order valence-electron chi connectivity index (χ1n) is 6.36. The highest BCUT2D eigenvalue weighted by atomic mass is 127. The summed E-state index contributed by atoms with van der Waals surface area (Å²) in [6.07, 6.45) is -10.5. The van der Waals surface area contributed by atoms with E-state index in [0.29, 0.717) is 0 Å². The summed E-state index contributed by atoms with van der Waals surface area (Å²) in [5.41, 5.74) is 0.148. The number of esters is 1. The maximum Gasteiger partial charge on any atom is 0.491 e. The van der Waals surface area contributed by atoms with E-state index in [0.717, 1.165) is 6.07 Å². The molecular weight excluding hydrogens is 475 g/mol. The Hall–Kier alpha value is -1.73. The van der Waals surface area contributed by atoms with E-state index in [1.165, 1.54) is 13.2 Å². The number of rotatable bonds is 5. The molecule has 12 heteroatoms. The zero-order valence-electron chi connectivity index (χ0n) is 12.3. The molecule has 0 saturated heterocycles. The molecule has 1 N–H and O–H groups in total. The molecule has 5 nitrogen and oxygen atoms in total. The maximum atomic E-state index is 12.3. The highest BCUT2D eigenvalue weighted by molar-refractivity contribution is 14.1. The lowest BCUT2D eigenvalue weighted by molar-refractivity contribution is -0.189. The molecule has 140 valence electrons. The minimum Gasteiger partial charge on any atom is -0.496 e. The average molecular weight is 485 g/mol. The van der Waals surface area contributed by atoms with E-state index < -0.39 is 36.5 Å². The van der Waals surface area contributed by atoms with Crippen LogP contribution in [-0.2, 0) is 16.0 Å². The Kier molecular flexibility index (Phi) is 6.90. The number of benzene rings is 1. The molecule has 0 bridgehead atoms. The van der Waals surface area contributed by atoms with E-state index in [-0.39, 0.29) is 21.3 Å². The number of ether oxygens (including phenoxy) is 2. The lowest BCUT2D eigenvalue weighted by Gasteiger charge is -2.14. The monoisotopic (exact) mass is 485 g/mol. The third-order valence-electron chi connectivity index (χ3n) is 2.71. The van der Waals surface area contributed by atoms with Crippen LogP contribution in [0.3, 0.4) is 0 Å². The number of halogens is 7. The fraction of sp³-hybridized carbons (Fsp3) is 0.385. The van der Waals surface area contributed by atoms with Crippen molar-refractivity contribution in [3.63, 3.8) is 0 Å². The quantitative estimate of drug-likeness (QED) is 0.302. The SMILES string of the molecule is COc1cc(I)c(OC(=O)C(F)(F)F)cc1CCNC(=O)C(F)(F)F. The fourth-order valence-electron chi connectivity index (χ4n) is 1.61. The van der Waals surface area contributed by atoms with Crippen molar-refractivity contribution in [2.45, 2.75) is 18.8 Å². The average Bonchev–Trinajstić information content (AvgIpc) is 2.47. The zero-order chi connectivity index (χ0) is 19.4. The summed E-state index contributed by atoms with van der Waals surface area (Å²) in [6, 6.07) is 2.28. The van der Waals surface area contributed by atoms with Crippen LogP contribution in [-0.4, -0.2) is 37.9 Å². The molecule has 0 aliphatic rings. The van der Waals surface area contributed by atoms with Crippen LogP contribution >= 0.6 is 22.6 Å². The lowest BCUT2D eigenvalue weighted by Crippen LogP contribution is -2.37. The van der Waals surface area contributed by atoms with Gasteiger partial charge >= 0.3 is 24.2 Å². The van der Waals surface area contributed by atoms with Crippen LogP contribution in [0.2, 0.25) is 0 Å². The molecule has 1 amide bonds. The van der Waals surface area contributed by atoms with Gasteiger partial charge in [0.25, 0.3) is 0 Å². The van der Waals surface area contributed by atoms with Crippen LogP contribution in [0, 0.1) is 3.57 Å². The minimum atomic E-state index is -5.20. The molecular formula is C13H10F6INO4. The standard InChI is InChI=1S/C13H10F6INO4/c1-24-8-5-7(20)9(25-11(23)13(17,18)19)4-6(8)2-3-21-10(22)12(14,15)16/h4-5H,2-3H2,1H3,(H,21,22). The smallest absolute Gasteiger partial charge is 0.491 e. The molecule has 0 radical (unpaired) electrons. The summed E-state index contributed by atoms with van der Waals surface area (Å²) in [7, 11) is 1.24. The molecule has 0 aromatic heterocycles. The van der Waals surface area contributed by atoms with E-state index in [1.54, 1.807) is 27.9 Å². The second-order valence-electron chi connectivity index (χ2n) is 4.49. The number of amides is 1. The van der Waals surface area contributed by atoms with E-state index >= 15 is 0 Å². The Bertz CT molecular complexity index is 659. The predicted octanol–water partition coefficient (Wildman–Crippen LogP) is 2.99. The first-order chi connectivity index (χ1) is 11.4. The number of carbonyl (C=O) groups excluding carboxylic acids is 2. The van der Waals surface area contributed by atoms with E-state index in [2.05, 4.69) is 4.74 Å². The van der Waals surface area contributed by atoms with Gasteiger partial charge in [-0.05, 0) is 46.7 Å². The van der Waals surface area contributed by atoms with Gasteiger partial charge in [-0.1, -0.05) is 0 Å². The lowest BCUT2D eigenvalue weighted by atomic mass is 10.1. The summed E-state index contributed by atoms with van der Waals surface area (Å²) in [5.74, 6) is -4.87. The van der Waals surface area contributed by atoms with Crippen molar-refractivity contribution in [3.8, 4) is 11.5 Å². The highest BCUT2D eigenvalue weighted by Crippen LogP contribution is 2.32. The van der Waals surface area contributed by atoms with Gasteiger partial charge in [-0.2, -0.15) is 26.3 Å². The third kappa shape index (κ3) is 6.25. The molecule has 0 spiro atoms. The Morgan fingerprint density at radius 2 is 1.68 bits per heavy atom. The molecule has 1 aromatic carbocycles. The largest absolute Gasteiger partial charge is 0.496 e. The first kappa shape index (κ1) is 21.3. The van der Waals surface area contributed by atoms with Crippen molar-refractivity contribution >= 4 is 34.5 Å². The van der Waals surface area contributed by atoms with Crippen molar-refractivity contribution in [1.29, 1.82) is 0 Å². The van der Waals surface area contributed by atoms with Gasteiger partial charge in [0.1, 0.15) is 11.5 Å². The highest BCUT2D eigenvalue weighted by Gasteiger charge is 2.42. The molecule has 0 atom stereocenters. The molecule has 1 aromatic rings. The van der Waals surface area contributed by atoms with Gasteiger partial charge in [0.2, 0.25) is 0 Å². The fourth-order valence-corrected chi connectivity index (χ4v) is 2.16. The molecule has 1 rings (SSSR count). The topological polar surface area (TPSA) is 64.6 Å². The van der Waals surface area contributed by atoms with E-state index in [1.807, 2.05) is 0 Å². The van der Waals surface area contributed by atoms with Crippen molar-refractivity contribution in [2.24, 2.45) is 0 Å². The summed E-state index contributed by atoms with van der Waals surface area (Å²) in [4.78, 5) is 21.6. The molecule has 0 aliphatic heterocycles. The number of hydrogen-bond donors (Lipinski definition) is 1. The second-order valence-corrected chi connectivity index (χ2v) is 5.65. The van der Waals surface area contributed by atoms with Crippen LogP contribution in [0.15, 0.2) is 12.1 Å².